The van der Waals surface area contributed by atoms with Crippen molar-refractivity contribution in [3.63, 3.8) is 0 Å². The number of fused-ring (bicyclic) bond motifs is 1. The fourth-order valence-corrected chi connectivity index (χ4v) is 3.56. The smallest absolute Gasteiger partial charge is 0.191 e. The molecule has 1 heterocycles. The summed E-state index contributed by atoms with van der Waals surface area (Å²) in [5.41, 5.74) is 3.36. The molecule has 0 aliphatic carbocycles. The van der Waals surface area contributed by atoms with E-state index in [0.29, 0.717) is 19.8 Å². The average Bonchev–Trinajstić information content (AvgIpc) is 3.13. The molecule has 0 atom stereocenters. The highest BCUT2D eigenvalue weighted by Crippen LogP contribution is 2.16. The molecule has 0 aliphatic rings. The molecule has 0 spiro atoms. The van der Waals surface area contributed by atoms with Crippen molar-refractivity contribution >= 4 is 41.0 Å². The summed E-state index contributed by atoms with van der Waals surface area (Å²) in [5, 5.41) is 6.77. The molecule has 7 nitrogen and oxygen atoms in total. The van der Waals surface area contributed by atoms with Crippen LogP contribution in [0.3, 0.4) is 0 Å². The third kappa shape index (κ3) is 8.51. The van der Waals surface area contributed by atoms with E-state index in [9.17, 15) is 0 Å². The van der Waals surface area contributed by atoms with Gasteiger partial charge in [-0.3, -0.25) is 0 Å². The fourth-order valence-electron chi connectivity index (χ4n) is 3.56. The first-order valence-corrected chi connectivity index (χ1v) is 11.4. The Morgan fingerprint density at radius 2 is 1.91 bits per heavy atom. The van der Waals surface area contributed by atoms with Gasteiger partial charge in [0.2, 0.25) is 0 Å². The number of ether oxygens (including phenoxy) is 2. The Labute approximate surface area is 214 Å². The van der Waals surface area contributed by atoms with E-state index in [1.54, 1.807) is 7.11 Å². The van der Waals surface area contributed by atoms with Crippen molar-refractivity contribution < 1.29 is 9.47 Å². The Kier molecular flexibility index (Phi) is 12.0. The lowest BCUT2D eigenvalue weighted by Crippen LogP contribution is -2.38. The summed E-state index contributed by atoms with van der Waals surface area (Å²) in [4.78, 5) is 9.38. The van der Waals surface area contributed by atoms with Crippen LogP contribution in [0.25, 0.3) is 11.0 Å². The van der Waals surface area contributed by atoms with Crippen LogP contribution in [0.1, 0.15) is 31.2 Å². The van der Waals surface area contributed by atoms with E-state index in [1.165, 1.54) is 5.52 Å². The summed E-state index contributed by atoms with van der Waals surface area (Å²) in [6, 6.07) is 16.4. The van der Waals surface area contributed by atoms with Gasteiger partial charge in [-0.05, 0) is 50.1 Å². The molecule has 33 heavy (non-hydrogen) atoms. The van der Waals surface area contributed by atoms with E-state index >= 15 is 0 Å². The predicted molar refractivity (Wildman–Crippen MR) is 146 cm³/mol. The number of halogens is 1. The normalized spacial score (nSPS) is 11.3. The van der Waals surface area contributed by atoms with Crippen LogP contribution in [-0.4, -0.2) is 48.9 Å². The highest BCUT2D eigenvalue weighted by atomic mass is 127. The third-order valence-corrected chi connectivity index (χ3v) is 5.12. The molecule has 2 aromatic carbocycles. The second kappa shape index (κ2) is 14.7. The quantitative estimate of drug-likeness (QED) is 0.146. The van der Waals surface area contributed by atoms with Crippen LogP contribution >= 0.6 is 24.0 Å². The van der Waals surface area contributed by atoms with Gasteiger partial charge in [-0.15, -0.1) is 24.0 Å². The highest BCUT2D eigenvalue weighted by Gasteiger charge is 2.06. The number of aryl methyl sites for hydroxylation is 2. The molecule has 2 N–H and O–H groups in total. The summed E-state index contributed by atoms with van der Waals surface area (Å²) in [7, 11) is 1.70. The van der Waals surface area contributed by atoms with Crippen molar-refractivity contribution in [1.29, 1.82) is 0 Å². The van der Waals surface area contributed by atoms with Gasteiger partial charge < -0.3 is 24.7 Å². The Hall–Kier alpha value is -2.33. The molecule has 0 amide bonds. The van der Waals surface area contributed by atoms with Gasteiger partial charge in [0.15, 0.2) is 5.96 Å². The molecule has 0 unspecified atom stereocenters. The van der Waals surface area contributed by atoms with Crippen LogP contribution in [0, 0.1) is 6.92 Å². The van der Waals surface area contributed by atoms with Crippen LogP contribution in [0.5, 0.6) is 5.75 Å². The van der Waals surface area contributed by atoms with Crippen molar-refractivity contribution in [3.05, 3.63) is 59.9 Å². The third-order valence-electron chi connectivity index (χ3n) is 5.12. The fraction of sp³-hybridized carbons (Fsp3) is 0.440. The van der Waals surface area contributed by atoms with Crippen molar-refractivity contribution in [3.8, 4) is 5.75 Å². The maximum absolute atomic E-state index is 5.79. The number of benzene rings is 2. The minimum Gasteiger partial charge on any atom is -0.493 e. The first-order chi connectivity index (χ1) is 15.7. The van der Waals surface area contributed by atoms with Crippen molar-refractivity contribution in [1.82, 2.24) is 20.2 Å². The molecular weight excluding hydrogens is 529 g/mol. The largest absolute Gasteiger partial charge is 0.493 e. The second-order valence-corrected chi connectivity index (χ2v) is 7.62. The summed E-state index contributed by atoms with van der Waals surface area (Å²) in [5.74, 6) is 2.75. The van der Waals surface area contributed by atoms with E-state index in [-0.39, 0.29) is 24.0 Å². The number of aliphatic imine (C=N–C) groups is 1. The summed E-state index contributed by atoms with van der Waals surface area (Å²) in [6.45, 7) is 8.66. The number of hydrogen-bond acceptors (Lipinski definition) is 4. The van der Waals surface area contributed by atoms with Gasteiger partial charge in [0, 0.05) is 39.8 Å². The minimum absolute atomic E-state index is 0. The van der Waals surface area contributed by atoms with Gasteiger partial charge in [0.25, 0.3) is 0 Å². The number of methoxy groups -OCH3 is 1. The molecule has 3 aromatic rings. The van der Waals surface area contributed by atoms with Gasteiger partial charge >= 0.3 is 0 Å². The predicted octanol–water partition coefficient (Wildman–Crippen LogP) is 4.52. The lowest BCUT2D eigenvalue weighted by atomic mass is 10.2. The number of aromatic nitrogens is 2. The van der Waals surface area contributed by atoms with Gasteiger partial charge in [-0.1, -0.05) is 24.3 Å². The van der Waals surface area contributed by atoms with Crippen molar-refractivity contribution in [2.24, 2.45) is 4.99 Å². The number of nitrogens with one attached hydrogen (secondary N) is 2. The van der Waals surface area contributed by atoms with Gasteiger partial charge in [-0.2, -0.15) is 0 Å². The molecule has 3 rings (SSSR count). The summed E-state index contributed by atoms with van der Waals surface area (Å²) in [6.07, 6.45) is 1.86. The van der Waals surface area contributed by atoms with Crippen LogP contribution in [-0.2, 0) is 17.8 Å². The summed E-state index contributed by atoms with van der Waals surface area (Å²) < 4.78 is 13.1. The molecule has 180 valence electrons. The topological polar surface area (TPSA) is 72.7 Å². The minimum atomic E-state index is 0. The number of nitrogens with zero attached hydrogens (tertiary/aromatic N) is 3. The molecule has 0 saturated carbocycles. The van der Waals surface area contributed by atoms with Crippen LogP contribution in [0.4, 0.5) is 0 Å². The van der Waals surface area contributed by atoms with Gasteiger partial charge in [-0.25, -0.2) is 9.98 Å². The number of imidazole rings is 1. The highest BCUT2D eigenvalue weighted by molar-refractivity contribution is 14.0. The van der Waals surface area contributed by atoms with Crippen LogP contribution in [0.15, 0.2) is 53.5 Å². The lowest BCUT2D eigenvalue weighted by molar-refractivity contribution is 0.172. The first-order valence-electron chi connectivity index (χ1n) is 11.4. The van der Waals surface area contributed by atoms with E-state index in [4.69, 9.17) is 14.5 Å². The first kappa shape index (κ1) is 26.9. The Bertz CT molecular complexity index is 1010. The summed E-state index contributed by atoms with van der Waals surface area (Å²) >= 11 is 0. The molecule has 8 heteroatoms. The molecular formula is C25H36IN5O2. The maximum atomic E-state index is 5.79. The Balaban J connectivity index is 0.00000385. The molecule has 0 aliphatic heterocycles. The zero-order chi connectivity index (χ0) is 22.6. The molecule has 0 bridgehead atoms. The average molecular weight is 566 g/mol. The van der Waals surface area contributed by atoms with E-state index < -0.39 is 0 Å². The lowest BCUT2D eigenvalue weighted by Gasteiger charge is -2.12. The zero-order valence-electron chi connectivity index (χ0n) is 19.8. The molecule has 0 radical (unpaired) electrons. The molecule has 0 saturated heterocycles. The molecule has 1 aromatic heterocycles. The molecule has 0 fully saturated rings. The van der Waals surface area contributed by atoms with Gasteiger partial charge in [0.1, 0.15) is 11.6 Å². The van der Waals surface area contributed by atoms with Gasteiger partial charge in [0.05, 0.1) is 24.2 Å². The van der Waals surface area contributed by atoms with Crippen molar-refractivity contribution in [2.45, 2.75) is 39.8 Å². The van der Waals surface area contributed by atoms with Crippen LogP contribution in [0.2, 0.25) is 0 Å². The Morgan fingerprint density at radius 1 is 1.06 bits per heavy atom. The number of rotatable bonds is 12. The van der Waals surface area contributed by atoms with E-state index in [2.05, 4.69) is 58.3 Å². The van der Waals surface area contributed by atoms with E-state index in [0.717, 1.165) is 61.1 Å². The number of guanidine groups is 1. The second-order valence-electron chi connectivity index (χ2n) is 7.62. The Morgan fingerprint density at radius 3 is 2.73 bits per heavy atom. The van der Waals surface area contributed by atoms with Crippen molar-refractivity contribution in [2.75, 3.05) is 33.4 Å². The monoisotopic (exact) mass is 565 g/mol. The zero-order valence-corrected chi connectivity index (χ0v) is 22.2. The SMILES string of the molecule is CCNC(=NCc1cccc(OCCCOC)c1)NCCCn1c(C)nc2ccccc21.I. The number of hydrogen-bond donors (Lipinski definition) is 2. The number of para-hydroxylation sites is 2. The van der Waals surface area contributed by atoms with E-state index in [1.807, 2.05) is 24.3 Å². The maximum Gasteiger partial charge on any atom is 0.191 e. The van der Waals surface area contributed by atoms with Crippen LogP contribution < -0.4 is 15.4 Å². The standard InChI is InChI=1S/C25H35N5O2.HI/c1-4-26-25(28-19-21-10-7-11-22(18-21)32-17-9-16-31-3)27-14-8-15-30-20(2)29-23-12-5-6-13-24(23)30;/h5-7,10-13,18H,4,8-9,14-17,19H2,1-3H3,(H2,26,27,28);1H.